The van der Waals surface area contributed by atoms with Crippen molar-refractivity contribution in [1.82, 2.24) is 0 Å². The summed E-state index contributed by atoms with van der Waals surface area (Å²) in [7, 11) is 0. The molecule has 0 radical (unpaired) electrons. The number of nitro groups is 1. The molecule has 7 heteroatoms. The van der Waals surface area contributed by atoms with Crippen LogP contribution < -0.4 is 4.74 Å². The normalized spacial score (nSPS) is 10.1. The summed E-state index contributed by atoms with van der Waals surface area (Å²) < 4.78 is 18.7. The number of carbonyl (C=O) groups is 1. The molecule has 0 fully saturated rings. The molecular weight excluding hydrogens is 269 g/mol. The third-order valence-electron chi connectivity index (χ3n) is 2.45. The van der Waals surface area contributed by atoms with Crippen LogP contribution in [0.4, 0.5) is 10.1 Å². The minimum absolute atomic E-state index is 0.276. The van der Waals surface area contributed by atoms with Gasteiger partial charge in [-0.15, -0.1) is 0 Å². The highest BCUT2D eigenvalue weighted by molar-refractivity contribution is 5.89. The van der Waals surface area contributed by atoms with Gasteiger partial charge in [0.25, 0.3) is 0 Å². The molecule has 20 heavy (non-hydrogen) atoms. The molecule has 0 amide bonds. The van der Waals surface area contributed by atoms with Gasteiger partial charge in [0.05, 0.1) is 16.6 Å². The Balaban J connectivity index is 2.51. The predicted molar refractivity (Wildman–Crippen MR) is 66.5 cm³/mol. The van der Waals surface area contributed by atoms with E-state index in [1.807, 2.05) is 0 Å². The Morgan fingerprint density at radius 2 is 1.90 bits per heavy atom. The standard InChI is InChI=1S/C13H8FNO5/c14-10-7-11(15(18)19)12(6-9(10)13(16)17)20-8-4-2-1-3-5-8/h1-7H,(H,16,17). The fourth-order valence-electron chi connectivity index (χ4n) is 1.55. The van der Waals surface area contributed by atoms with Crippen LogP contribution in [0.25, 0.3) is 0 Å². The van der Waals surface area contributed by atoms with Gasteiger partial charge in [0, 0.05) is 6.07 Å². The van der Waals surface area contributed by atoms with Gasteiger partial charge in [-0.1, -0.05) is 18.2 Å². The summed E-state index contributed by atoms with van der Waals surface area (Å²) in [6.45, 7) is 0. The lowest BCUT2D eigenvalue weighted by molar-refractivity contribution is -0.385. The molecule has 0 aliphatic rings. The summed E-state index contributed by atoms with van der Waals surface area (Å²) in [6, 6.07) is 9.39. The van der Waals surface area contributed by atoms with Crippen molar-refractivity contribution >= 4 is 11.7 Å². The molecule has 0 aliphatic carbocycles. The highest BCUT2D eigenvalue weighted by atomic mass is 19.1. The van der Waals surface area contributed by atoms with Gasteiger partial charge in [0.15, 0.2) is 0 Å². The number of aromatic carboxylic acids is 1. The smallest absolute Gasteiger partial charge is 0.338 e. The lowest BCUT2D eigenvalue weighted by Gasteiger charge is -2.07. The lowest BCUT2D eigenvalue weighted by atomic mass is 10.1. The number of para-hydroxylation sites is 1. The van der Waals surface area contributed by atoms with E-state index >= 15 is 0 Å². The van der Waals surface area contributed by atoms with Crippen LogP contribution in [0.3, 0.4) is 0 Å². The average molecular weight is 277 g/mol. The van der Waals surface area contributed by atoms with Gasteiger partial charge in [-0.3, -0.25) is 10.1 Å². The number of carboxylic acids is 1. The van der Waals surface area contributed by atoms with Crippen molar-refractivity contribution in [2.75, 3.05) is 0 Å². The number of rotatable bonds is 4. The lowest BCUT2D eigenvalue weighted by Crippen LogP contribution is -2.03. The van der Waals surface area contributed by atoms with E-state index in [0.29, 0.717) is 6.07 Å². The number of benzene rings is 2. The second-order valence-corrected chi connectivity index (χ2v) is 3.78. The van der Waals surface area contributed by atoms with E-state index < -0.39 is 28.0 Å². The molecule has 0 aliphatic heterocycles. The molecule has 1 N–H and O–H groups in total. The predicted octanol–water partition coefficient (Wildman–Crippen LogP) is 3.22. The number of carboxylic acid groups (broad SMARTS) is 1. The highest BCUT2D eigenvalue weighted by Gasteiger charge is 2.23. The van der Waals surface area contributed by atoms with Crippen molar-refractivity contribution in [3.05, 3.63) is 64.0 Å². The Morgan fingerprint density at radius 3 is 2.45 bits per heavy atom. The summed E-state index contributed by atoms with van der Waals surface area (Å²) >= 11 is 0. The zero-order valence-electron chi connectivity index (χ0n) is 9.95. The number of nitro benzene ring substituents is 1. The zero-order valence-corrected chi connectivity index (χ0v) is 9.95. The zero-order chi connectivity index (χ0) is 14.7. The van der Waals surface area contributed by atoms with E-state index in [-0.39, 0.29) is 11.5 Å². The molecule has 2 aromatic rings. The first kappa shape index (κ1) is 13.5. The second kappa shape index (κ2) is 5.35. The molecule has 0 spiro atoms. The monoisotopic (exact) mass is 277 g/mol. The first-order valence-electron chi connectivity index (χ1n) is 5.43. The van der Waals surface area contributed by atoms with Gasteiger partial charge in [-0.05, 0) is 12.1 Å². The Bertz CT molecular complexity index is 672. The van der Waals surface area contributed by atoms with Crippen LogP contribution in [-0.2, 0) is 0 Å². The molecule has 0 unspecified atom stereocenters. The number of halogens is 1. The number of hydrogen-bond acceptors (Lipinski definition) is 4. The Morgan fingerprint density at radius 1 is 1.25 bits per heavy atom. The van der Waals surface area contributed by atoms with Crippen LogP contribution in [0.15, 0.2) is 42.5 Å². The molecule has 6 nitrogen and oxygen atoms in total. The van der Waals surface area contributed by atoms with Crippen molar-refractivity contribution in [2.24, 2.45) is 0 Å². The maximum Gasteiger partial charge on any atom is 0.338 e. The number of hydrogen-bond donors (Lipinski definition) is 1. The van der Waals surface area contributed by atoms with Crippen molar-refractivity contribution in [3.63, 3.8) is 0 Å². The summed E-state index contributed by atoms with van der Waals surface area (Å²) in [4.78, 5) is 20.9. The SMILES string of the molecule is O=C(O)c1cc(Oc2ccccc2)c([N+](=O)[O-])cc1F. The van der Waals surface area contributed by atoms with Crippen LogP contribution in [0.2, 0.25) is 0 Å². The first-order chi connectivity index (χ1) is 9.49. The van der Waals surface area contributed by atoms with Gasteiger partial charge in [0.2, 0.25) is 5.75 Å². The highest BCUT2D eigenvalue weighted by Crippen LogP contribution is 2.33. The molecule has 2 rings (SSSR count). The molecule has 2 aromatic carbocycles. The van der Waals surface area contributed by atoms with E-state index in [2.05, 4.69) is 0 Å². The maximum absolute atomic E-state index is 13.4. The fourth-order valence-corrected chi connectivity index (χ4v) is 1.55. The van der Waals surface area contributed by atoms with Crippen molar-refractivity contribution in [3.8, 4) is 11.5 Å². The van der Waals surface area contributed by atoms with Gasteiger partial charge in [-0.2, -0.15) is 0 Å². The van der Waals surface area contributed by atoms with Gasteiger partial charge >= 0.3 is 11.7 Å². The Kier molecular flexibility index (Phi) is 3.60. The Hall–Kier alpha value is -2.96. The van der Waals surface area contributed by atoms with Crippen LogP contribution in [0.1, 0.15) is 10.4 Å². The molecule has 0 saturated carbocycles. The van der Waals surface area contributed by atoms with E-state index in [1.165, 1.54) is 12.1 Å². The quantitative estimate of drug-likeness (QED) is 0.684. The number of ether oxygens (including phenoxy) is 1. The van der Waals surface area contributed by atoms with Gasteiger partial charge < -0.3 is 9.84 Å². The van der Waals surface area contributed by atoms with E-state index in [4.69, 9.17) is 9.84 Å². The van der Waals surface area contributed by atoms with Crippen molar-refractivity contribution in [2.45, 2.75) is 0 Å². The summed E-state index contributed by atoms with van der Waals surface area (Å²) in [5.74, 6) is -2.78. The maximum atomic E-state index is 13.4. The third-order valence-corrected chi connectivity index (χ3v) is 2.45. The molecule has 0 aromatic heterocycles. The third kappa shape index (κ3) is 2.72. The minimum Gasteiger partial charge on any atom is -0.478 e. The van der Waals surface area contributed by atoms with E-state index in [1.54, 1.807) is 18.2 Å². The van der Waals surface area contributed by atoms with Crippen LogP contribution in [0, 0.1) is 15.9 Å². The number of nitrogens with zero attached hydrogens (tertiary/aromatic N) is 1. The summed E-state index contributed by atoms with van der Waals surface area (Å²) in [5, 5.41) is 19.7. The molecule has 0 heterocycles. The van der Waals surface area contributed by atoms with Crippen molar-refractivity contribution in [1.29, 1.82) is 0 Å². The van der Waals surface area contributed by atoms with Gasteiger partial charge in [0.1, 0.15) is 11.6 Å². The first-order valence-corrected chi connectivity index (χ1v) is 5.43. The minimum atomic E-state index is -1.53. The van der Waals surface area contributed by atoms with E-state index in [0.717, 1.165) is 6.07 Å². The molecule has 0 bridgehead atoms. The average Bonchev–Trinajstić information content (AvgIpc) is 2.41. The molecule has 0 saturated heterocycles. The van der Waals surface area contributed by atoms with E-state index in [9.17, 15) is 19.3 Å². The van der Waals surface area contributed by atoms with Crippen LogP contribution >= 0.6 is 0 Å². The second-order valence-electron chi connectivity index (χ2n) is 3.78. The molecule has 0 atom stereocenters. The molecule has 102 valence electrons. The summed E-state index contributed by atoms with van der Waals surface area (Å²) in [6.07, 6.45) is 0. The van der Waals surface area contributed by atoms with Crippen LogP contribution in [-0.4, -0.2) is 16.0 Å². The fraction of sp³-hybridized carbons (Fsp3) is 0. The summed E-state index contributed by atoms with van der Waals surface area (Å²) in [5.41, 5.74) is -1.34. The Labute approximate surface area is 112 Å². The van der Waals surface area contributed by atoms with Crippen LogP contribution in [0.5, 0.6) is 11.5 Å². The largest absolute Gasteiger partial charge is 0.478 e. The van der Waals surface area contributed by atoms with Crippen molar-refractivity contribution < 1.29 is 24.0 Å². The molecular formula is C13H8FNO5. The topological polar surface area (TPSA) is 89.7 Å². The van der Waals surface area contributed by atoms with Gasteiger partial charge in [-0.25, -0.2) is 9.18 Å².